The summed E-state index contributed by atoms with van der Waals surface area (Å²) in [5.41, 5.74) is 2.63. The molecule has 0 radical (unpaired) electrons. The molecule has 0 N–H and O–H groups in total. The van der Waals surface area contributed by atoms with Crippen molar-refractivity contribution in [1.82, 2.24) is 0 Å². The van der Waals surface area contributed by atoms with E-state index in [0.29, 0.717) is 12.0 Å². The van der Waals surface area contributed by atoms with Crippen LogP contribution in [0.4, 0.5) is 0 Å². The van der Waals surface area contributed by atoms with Crippen LogP contribution in [0.1, 0.15) is 76.3 Å². The second-order valence-electron chi connectivity index (χ2n) is 8.04. The van der Waals surface area contributed by atoms with Gasteiger partial charge in [0.1, 0.15) is 6.61 Å². The third-order valence-corrected chi connectivity index (χ3v) is 5.90. The molecule has 0 spiro atoms. The van der Waals surface area contributed by atoms with Gasteiger partial charge in [-0.25, -0.2) is 4.99 Å². The van der Waals surface area contributed by atoms with E-state index in [1.165, 1.54) is 44.1 Å². The van der Waals surface area contributed by atoms with Gasteiger partial charge in [0.05, 0.1) is 6.04 Å². The summed E-state index contributed by atoms with van der Waals surface area (Å²) < 4.78 is 5.80. The number of hydrogen-bond donors (Lipinski definition) is 0. The Balaban J connectivity index is 1.54. The normalized spacial score (nSPS) is 26.9. The van der Waals surface area contributed by atoms with Gasteiger partial charge in [0.15, 0.2) is 0 Å². The quantitative estimate of drug-likeness (QED) is 0.572. The highest BCUT2D eigenvalue weighted by Crippen LogP contribution is 2.37. The molecule has 0 aromatic heterocycles. The zero-order chi connectivity index (χ0) is 17.6. The number of aliphatic imine (C=N–C) groups is 1. The summed E-state index contributed by atoms with van der Waals surface area (Å²) in [4.78, 5) is 4.73. The zero-order valence-corrected chi connectivity index (χ0v) is 16.1. The fourth-order valence-electron chi connectivity index (χ4n) is 4.07. The van der Waals surface area contributed by atoms with Crippen LogP contribution in [0, 0.1) is 11.8 Å². The lowest BCUT2D eigenvalue weighted by atomic mass is 9.77. The van der Waals surface area contributed by atoms with Crippen molar-refractivity contribution < 1.29 is 4.74 Å². The van der Waals surface area contributed by atoms with Gasteiger partial charge in [-0.05, 0) is 80.9 Å². The Morgan fingerprint density at radius 1 is 1.12 bits per heavy atom. The number of rotatable bonds is 6. The molecule has 1 aromatic rings. The maximum Gasteiger partial charge on any atom is 0.216 e. The largest absolute Gasteiger partial charge is 0.475 e. The van der Waals surface area contributed by atoms with E-state index in [9.17, 15) is 0 Å². The van der Waals surface area contributed by atoms with E-state index >= 15 is 0 Å². The first-order valence-electron chi connectivity index (χ1n) is 10.1. The summed E-state index contributed by atoms with van der Waals surface area (Å²) in [7, 11) is 0. The predicted octanol–water partition coefficient (Wildman–Crippen LogP) is 6.12. The number of benzene rings is 1. The third kappa shape index (κ3) is 4.74. The van der Waals surface area contributed by atoms with Gasteiger partial charge in [-0.3, -0.25) is 0 Å². The summed E-state index contributed by atoms with van der Waals surface area (Å²) in [6.45, 7) is 7.26. The Bertz CT molecular complexity index is 591. The van der Waals surface area contributed by atoms with Gasteiger partial charge < -0.3 is 4.74 Å². The minimum Gasteiger partial charge on any atom is -0.475 e. The molecule has 2 nitrogen and oxygen atoms in total. The second-order valence-corrected chi connectivity index (χ2v) is 8.04. The Hall–Kier alpha value is -1.57. The molecule has 0 saturated heterocycles. The van der Waals surface area contributed by atoms with Crippen LogP contribution >= 0.6 is 0 Å². The molecular formula is C23H33NO. The van der Waals surface area contributed by atoms with E-state index in [1.54, 1.807) is 0 Å². The fourth-order valence-corrected chi connectivity index (χ4v) is 4.07. The topological polar surface area (TPSA) is 21.6 Å². The van der Waals surface area contributed by atoms with Crippen molar-refractivity contribution in [3.63, 3.8) is 0 Å². The van der Waals surface area contributed by atoms with Gasteiger partial charge >= 0.3 is 0 Å². The third-order valence-electron chi connectivity index (χ3n) is 5.90. The molecule has 1 heterocycles. The van der Waals surface area contributed by atoms with E-state index in [1.807, 2.05) is 0 Å². The summed E-state index contributed by atoms with van der Waals surface area (Å²) in [6.07, 6.45) is 12.5. The molecule has 2 aliphatic rings. The molecule has 136 valence electrons. The number of allylic oxidation sites excluding steroid dienone is 2. The highest BCUT2D eigenvalue weighted by molar-refractivity contribution is 5.95. The summed E-state index contributed by atoms with van der Waals surface area (Å²) in [5.74, 6) is 3.04. The molecular weight excluding hydrogens is 306 g/mol. The monoisotopic (exact) mass is 339 g/mol. The predicted molar refractivity (Wildman–Crippen MR) is 106 cm³/mol. The molecule has 2 heteroatoms. The molecule has 1 fully saturated rings. The summed E-state index contributed by atoms with van der Waals surface area (Å²) in [5, 5.41) is 0. The van der Waals surface area contributed by atoms with Crippen molar-refractivity contribution in [1.29, 1.82) is 0 Å². The molecule has 0 unspecified atom stereocenters. The highest BCUT2D eigenvalue weighted by atomic mass is 16.5. The van der Waals surface area contributed by atoms with E-state index in [-0.39, 0.29) is 0 Å². The minimum absolute atomic E-state index is 0.313. The van der Waals surface area contributed by atoms with E-state index in [0.717, 1.165) is 29.9 Å². The van der Waals surface area contributed by atoms with Crippen LogP contribution in [-0.4, -0.2) is 18.5 Å². The molecule has 1 aliphatic heterocycles. The molecule has 3 rings (SSSR count). The van der Waals surface area contributed by atoms with Crippen LogP contribution in [0.15, 0.2) is 41.4 Å². The first-order chi connectivity index (χ1) is 12.2. The van der Waals surface area contributed by atoms with Crippen LogP contribution in [0.3, 0.4) is 0 Å². The standard InChI is InChI=1S/C23H33NO/c1-4-5-6-7-18-8-10-19(11-9-18)20-12-14-21(15-13-20)23-24-22(16-25-23)17(2)3/h4-5,12-15,17-19,22H,6-11,16H2,1-3H3/t18-,19-,22-/m1/s1. The first kappa shape index (κ1) is 18.2. The second kappa shape index (κ2) is 8.69. The summed E-state index contributed by atoms with van der Waals surface area (Å²) in [6, 6.07) is 9.32. The molecule has 1 atom stereocenters. The van der Waals surface area contributed by atoms with Crippen LogP contribution in [0.2, 0.25) is 0 Å². The fraction of sp³-hybridized carbons (Fsp3) is 0.609. The van der Waals surface area contributed by atoms with Gasteiger partial charge in [0.2, 0.25) is 5.90 Å². The highest BCUT2D eigenvalue weighted by Gasteiger charge is 2.24. The van der Waals surface area contributed by atoms with Crippen molar-refractivity contribution in [2.45, 2.75) is 71.3 Å². The number of hydrogen-bond acceptors (Lipinski definition) is 2. The van der Waals surface area contributed by atoms with Gasteiger partial charge in [-0.1, -0.05) is 38.1 Å². The molecule has 1 aliphatic carbocycles. The van der Waals surface area contributed by atoms with E-state index in [4.69, 9.17) is 9.73 Å². The lowest BCUT2D eigenvalue weighted by Crippen LogP contribution is -2.13. The minimum atomic E-state index is 0.313. The Labute approximate surface area is 153 Å². The Kier molecular flexibility index (Phi) is 6.34. The van der Waals surface area contributed by atoms with Crippen LogP contribution in [0.25, 0.3) is 0 Å². The van der Waals surface area contributed by atoms with Crippen molar-refractivity contribution in [3.05, 3.63) is 47.5 Å². The van der Waals surface area contributed by atoms with Crippen molar-refractivity contribution >= 4 is 5.90 Å². The SMILES string of the molecule is CC=CCC[C@H]1CC[C@H](c2ccc(C3=N[C@@H](C(C)C)CO3)cc2)CC1. The van der Waals surface area contributed by atoms with Gasteiger partial charge in [-0.15, -0.1) is 0 Å². The van der Waals surface area contributed by atoms with Crippen LogP contribution < -0.4 is 0 Å². The Morgan fingerprint density at radius 2 is 1.84 bits per heavy atom. The molecule has 25 heavy (non-hydrogen) atoms. The average Bonchev–Trinajstić information content (AvgIpc) is 3.13. The van der Waals surface area contributed by atoms with Gasteiger partial charge in [0, 0.05) is 5.56 Å². The lowest BCUT2D eigenvalue weighted by Gasteiger charge is -2.28. The summed E-state index contributed by atoms with van der Waals surface area (Å²) >= 11 is 0. The van der Waals surface area contributed by atoms with Gasteiger partial charge in [-0.2, -0.15) is 0 Å². The van der Waals surface area contributed by atoms with E-state index in [2.05, 4.69) is 57.2 Å². The Morgan fingerprint density at radius 3 is 2.44 bits per heavy atom. The van der Waals surface area contributed by atoms with Crippen molar-refractivity contribution in [3.8, 4) is 0 Å². The first-order valence-corrected chi connectivity index (χ1v) is 10.1. The van der Waals surface area contributed by atoms with Gasteiger partial charge in [0.25, 0.3) is 0 Å². The average molecular weight is 340 g/mol. The number of ether oxygens (including phenoxy) is 1. The van der Waals surface area contributed by atoms with Crippen molar-refractivity contribution in [2.24, 2.45) is 16.8 Å². The molecule has 0 amide bonds. The molecule has 0 bridgehead atoms. The molecule has 1 saturated carbocycles. The van der Waals surface area contributed by atoms with E-state index < -0.39 is 0 Å². The van der Waals surface area contributed by atoms with Crippen LogP contribution in [-0.2, 0) is 4.74 Å². The zero-order valence-electron chi connectivity index (χ0n) is 16.1. The smallest absolute Gasteiger partial charge is 0.216 e. The van der Waals surface area contributed by atoms with Crippen molar-refractivity contribution in [2.75, 3.05) is 6.61 Å². The maximum absolute atomic E-state index is 5.80. The van der Waals surface area contributed by atoms with Crippen LogP contribution in [0.5, 0.6) is 0 Å². The lowest BCUT2D eigenvalue weighted by molar-refractivity contribution is 0.292. The molecule has 1 aromatic carbocycles. The maximum atomic E-state index is 5.80. The number of nitrogens with zero attached hydrogens (tertiary/aromatic N) is 1.